The zero-order chi connectivity index (χ0) is 24.3. The van der Waals surface area contributed by atoms with Gasteiger partial charge in [0.2, 0.25) is 0 Å². The highest BCUT2D eigenvalue weighted by Gasteiger charge is 2.32. The van der Waals surface area contributed by atoms with Crippen LogP contribution in [0.2, 0.25) is 0 Å². The van der Waals surface area contributed by atoms with Crippen LogP contribution in [0.1, 0.15) is 52.1 Å². The van der Waals surface area contributed by atoms with Gasteiger partial charge in [-0.1, -0.05) is 0 Å². The molecular formula is C26H31N5O4. The summed E-state index contributed by atoms with van der Waals surface area (Å²) in [6.45, 7) is 2.44. The van der Waals surface area contributed by atoms with Crippen molar-refractivity contribution in [1.29, 1.82) is 0 Å². The minimum atomic E-state index is -0.262. The summed E-state index contributed by atoms with van der Waals surface area (Å²) in [4.78, 5) is 32.7. The Balaban J connectivity index is 1.46. The monoisotopic (exact) mass is 477 g/mol. The van der Waals surface area contributed by atoms with Gasteiger partial charge in [-0.2, -0.15) is 0 Å². The van der Waals surface area contributed by atoms with Crippen molar-refractivity contribution in [1.82, 2.24) is 19.0 Å². The minimum absolute atomic E-state index is 0.0109. The van der Waals surface area contributed by atoms with Crippen LogP contribution in [0, 0.1) is 5.92 Å². The van der Waals surface area contributed by atoms with Crippen LogP contribution in [-0.2, 0) is 24.8 Å². The van der Waals surface area contributed by atoms with Crippen molar-refractivity contribution in [2.75, 3.05) is 26.8 Å². The van der Waals surface area contributed by atoms with Gasteiger partial charge in [0.25, 0.3) is 5.91 Å². The van der Waals surface area contributed by atoms with Gasteiger partial charge < -0.3 is 29.2 Å². The van der Waals surface area contributed by atoms with Gasteiger partial charge in [0.1, 0.15) is 17.0 Å². The second-order valence-corrected chi connectivity index (χ2v) is 10.0. The second-order valence-electron chi connectivity index (χ2n) is 10.0. The number of esters is 1. The maximum Gasteiger partial charge on any atom is 0.355 e. The Morgan fingerprint density at radius 1 is 1.26 bits per heavy atom. The number of cyclic esters (lactones) is 1. The van der Waals surface area contributed by atoms with E-state index in [1.807, 2.05) is 22.6 Å². The molecule has 6 rings (SSSR count). The van der Waals surface area contributed by atoms with Crippen LogP contribution in [0.25, 0.3) is 22.6 Å². The lowest BCUT2D eigenvalue weighted by Gasteiger charge is -2.30. The number of carbonyl (C=O) groups excluding carboxylic acids is 2. The van der Waals surface area contributed by atoms with Crippen molar-refractivity contribution in [3.05, 3.63) is 35.0 Å². The van der Waals surface area contributed by atoms with Crippen LogP contribution in [0.3, 0.4) is 0 Å². The summed E-state index contributed by atoms with van der Waals surface area (Å²) in [5.41, 5.74) is 10.7. The van der Waals surface area contributed by atoms with E-state index >= 15 is 0 Å². The number of ether oxygens (including phenoxy) is 2. The zero-order valence-corrected chi connectivity index (χ0v) is 20.2. The molecule has 3 aromatic rings. The number of hydrogen-bond acceptors (Lipinski definition) is 6. The third-order valence-corrected chi connectivity index (χ3v) is 7.49. The zero-order valence-electron chi connectivity index (χ0n) is 20.2. The van der Waals surface area contributed by atoms with Gasteiger partial charge >= 0.3 is 5.97 Å². The fourth-order valence-corrected chi connectivity index (χ4v) is 5.49. The number of nitrogens with two attached hydrogens (primary N) is 1. The normalized spacial score (nSPS) is 20.1. The average molecular weight is 478 g/mol. The fraction of sp³-hybridized carbons (Fsp3) is 0.500. The maximum absolute atomic E-state index is 13.3. The molecule has 2 aliphatic heterocycles. The molecule has 1 aliphatic carbocycles. The van der Waals surface area contributed by atoms with Gasteiger partial charge in [-0.05, 0) is 55.4 Å². The van der Waals surface area contributed by atoms with Crippen LogP contribution in [0.4, 0.5) is 0 Å². The first-order chi connectivity index (χ1) is 16.9. The van der Waals surface area contributed by atoms with E-state index in [4.69, 9.17) is 20.2 Å². The maximum atomic E-state index is 13.3. The molecule has 9 heteroatoms. The van der Waals surface area contributed by atoms with Gasteiger partial charge in [0, 0.05) is 44.7 Å². The number of imidazole rings is 1. The van der Waals surface area contributed by atoms with Crippen LogP contribution in [-0.4, -0.2) is 63.7 Å². The van der Waals surface area contributed by atoms with Crippen molar-refractivity contribution in [2.24, 2.45) is 18.7 Å². The first-order valence-corrected chi connectivity index (χ1v) is 12.4. The van der Waals surface area contributed by atoms with Crippen molar-refractivity contribution in [2.45, 2.75) is 44.7 Å². The summed E-state index contributed by atoms with van der Waals surface area (Å²) in [6.07, 6.45) is 4.89. The second kappa shape index (κ2) is 8.41. The Morgan fingerprint density at radius 2 is 2.09 bits per heavy atom. The van der Waals surface area contributed by atoms with E-state index in [2.05, 4.69) is 10.6 Å². The van der Waals surface area contributed by atoms with Gasteiger partial charge in [0.15, 0.2) is 5.82 Å². The summed E-state index contributed by atoms with van der Waals surface area (Å²) >= 11 is 0. The quantitative estimate of drug-likeness (QED) is 0.567. The van der Waals surface area contributed by atoms with Crippen molar-refractivity contribution in [3.8, 4) is 17.3 Å². The van der Waals surface area contributed by atoms with E-state index in [0.29, 0.717) is 54.6 Å². The Labute approximate surface area is 203 Å². The van der Waals surface area contributed by atoms with E-state index in [1.165, 1.54) is 12.8 Å². The molecular weight excluding hydrogens is 446 g/mol. The fourth-order valence-electron chi connectivity index (χ4n) is 5.49. The number of rotatable bonds is 5. The van der Waals surface area contributed by atoms with Crippen molar-refractivity contribution >= 4 is 22.9 Å². The SMILES string of the molecule is COc1cc(C(=O)N2CCC[C@@H](N)C2)cc2nc(-c3cc4c(n3CC3CC3)C(=O)OCC4)n(C)c12. The standard InChI is InChI=1S/C26H31N5O4/c1-29-23-19(10-17(12-21(23)34-2)25(32)30-8-3-4-18(27)14-30)28-24(29)20-11-16-7-9-35-26(33)22(16)31(20)13-15-5-6-15/h10-12,15,18H,3-9,13-14,27H2,1-2H3/t18-/m1/s1. The van der Waals surface area contributed by atoms with E-state index in [-0.39, 0.29) is 17.9 Å². The first kappa shape index (κ1) is 22.2. The summed E-state index contributed by atoms with van der Waals surface area (Å²) in [5.74, 6) is 1.60. The Bertz CT molecular complexity index is 1340. The smallest absolute Gasteiger partial charge is 0.355 e. The molecule has 3 aliphatic rings. The number of nitrogens with zero attached hydrogens (tertiary/aromatic N) is 4. The highest BCUT2D eigenvalue weighted by Crippen LogP contribution is 2.38. The lowest BCUT2D eigenvalue weighted by molar-refractivity contribution is 0.0466. The highest BCUT2D eigenvalue weighted by molar-refractivity contribution is 6.00. The van der Waals surface area contributed by atoms with Crippen LogP contribution < -0.4 is 10.5 Å². The number of hydrogen-bond donors (Lipinski definition) is 1. The number of likely N-dealkylation sites (tertiary alicyclic amines) is 1. The summed E-state index contributed by atoms with van der Waals surface area (Å²) in [5, 5.41) is 0. The molecule has 1 saturated heterocycles. The molecule has 184 valence electrons. The Kier molecular flexibility index (Phi) is 5.32. The molecule has 0 spiro atoms. The number of amides is 1. The molecule has 1 atom stereocenters. The molecule has 35 heavy (non-hydrogen) atoms. The summed E-state index contributed by atoms with van der Waals surface area (Å²) < 4.78 is 15.2. The van der Waals surface area contributed by atoms with Crippen LogP contribution in [0.15, 0.2) is 18.2 Å². The van der Waals surface area contributed by atoms with Crippen LogP contribution >= 0.6 is 0 Å². The van der Waals surface area contributed by atoms with E-state index in [1.54, 1.807) is 13.2 Å². The molecule has 1 aromatic carbocycles. The van der Waals surface area contributed by atoms with E-state index < -0.39 is 0 Å². The lowest BCUT2D eigenvalue weighted by atomic mass is 10.0. The number of carbonyl (C=O) groups is 2. The third kappa shape index (κ3) is 3.78. The number of methoxy groups -OCH3 is 1. The van der Waals surface area contributed by atoms with Gasteiger partial charge in [0.05, 0.1) is 24.9 Å². The highest BCUT2D eigenvalue weighted by atomic mass is 16.5. The third-order valence-electron chi connectivity index (χ3n) is 7.49. The van der Waals surface area contributed by atoms with E-state index in [9.17, 15) is 9.59 Å². The van der Waals surface area contributed by atoms with Crippen LogP contribution in [0.5, 0.6) is 5.75 Å². The van der Waals surface area contributed by atoms with Gasteiger partial charge in [-0.3, -0.25) is 4.79 Å². The molecule has 2 aromatic heterocycles. The predicted molar refractivity (Wildman–Crippen MR) is 131 cm³/mol. The lowest BCUT2D eigenvalue weighted by Crippen LogP contribution is -2.45. The predicted octanol–water partition coefficient (Wildman–Crippen LogP) is 2.74. The molecule has 4 heterocycles. The molecule has 0 unspecified atom stereocenters. The molecule has 1 saturated carbocycles. The Morgan fingerprint density at radius 3 is 2.83 bits per heavy atom. The van der Waals surface area contributed by atoms with Gasteiger partial charge in [-0.25, -0.2) is 9.78 Å². The van der Waals surface area contributed by atoms with E-state index in [0.717, 1.165) is 42.0 Å². The van der Waals surface area contributed by atoms with Gasteiger partial charge in [-0.15, -0.1) is 0 Å². The molecule has 0 bridgehead atoms. The summed E-state index contributed by atoms with van der Waals surface area (Å²) in [6, 6.07) is 5.72. The Hall–Kier alpha value is -3.33. The first-order valence-electron chi connectivity index (χ1n) is 12.4. The topological polar surface area (TPSA) is 105 Å². The number of piperidine rings is 1. The number of aryl methyl sites for hydroxylation is 1. The van der Waals surface area contributed by atoms with Crippen molar-refractivity contribution < 1.29 is 19.1 Å². The minimum Gasteiger partial charge on any atom is -0.494 e. The molecule has 0 radical (unpaired) electrons. The van der Waals surface area contributed by atoms with Crippen molar-refractivity contribution in [3.63, 3.8) is 0 Å². The average Bonchev–Trinajstić information content (AvgIpc) is 3.51. The number of aromatic nitrogens is 3. The molecule has 1 amide bonds. The molecule has 2 fully saturated rings. The number of fused-ring (bicyclic) bond motifs is 2. The number of benzene rings is 1. The molecule has 9 nitrogen and oxygen atoms in total. The molecule has 2 N–H and O–H groups in total. The largest absolute Gasteiger partial charge is 0.494 e. The summed E-state index contributed by atoms with van der Waals surface area (Å²) in [7, 11) is 3.56.